The van der Waals surface area contributed by atoms with E-state index in [0.29, 0.717) is 36.6 Å². The molecule has 1 saturated carbocycles. The fourth-order valence-electron chi connectivity index (χ4n) is 3.21. The third-order valence-electron chi connectivity index (χ3n) is 4.43. The first-order valence-electron chi connectivity index (χ1n) is 7.98. The van der Waals surface area contributed by atoms with Gasteiger partial charge in [0.1, 0.15) is 11.4 Å². The molecule has 1 aliphatic carbocycles. The van der Waals surface area contributed by atoms with Crippen molar-refractivity contribution in [3.63, 3.8) is 0 Å². The molecule has 0 saturated heterocycles. The number of nitrogens with one attached hydrogen (secondary N) is 2. The van der Waals surface area contributed by atoms with Gasteiger partial charge in [-0.25, -0.2) is 4.98 Å². The number of hydrogen-bond acceptors (Lipinski definition) is 6. The van der Waals surface area contributed by atoms with Crippen LogP contribution in [-0.4, -0.2) is 33.4 Å². The number of H-pyrrole nitrogens is 1. The molecule has 0 spiro atoms. The fourth-order valence-corrected chi connectivity index (χ4v) is 3.21. The van der Waals surface area contributed by atoms with Crippen molar-refractivity contribution in [2.75, 3.05) is 12.4 Å². The summed E-state index contributed by atoms with van der Waals surface area (Å²) in [7, 11) is 1.37. The summed E-state index contributed by atoms with van der Waals surface area (Å²) in [6.07, 6.45) is 1.42. The van der Waals surface area contributed by atoms with Crippen LogP contribution in [0.25, 0.3) is 0 Å². The van der Waals surface area contributed by atoms with Crippen molar-refractivity contribution >= 4 is 17.6 Å². The van der Waals surface area contributed by atoms with Crippen LogP contribution in [0.5, 0.6) is 0 Å². The van der Waals surface area contributed by atoms with Crippen molar-refractivity contribution in [3.8, 4) is 0 Å². The number of rotatable bonds is 4. The molecule has 0 aromatic carbocycles. The zero-order valence-corrected chi connectivity index (χ0v) is 14.1. The van der Waals surface area contributed by atoms with Crippen LogP contribution in [0.2, 0.25) is 0 Å². The lowest BCUT2D eigenvalue weighted by Gasteiger charge is -2.23. The number of aromatic amines is 1. The highest BCUT2D eigenvalue weighted by atomic mass is 16.5. The van der Waals surface area contributed by atoms with Crippen LogP contribution in [-0.2, 0) is 15.1 Å². The number of methoxy groups -OCH3 is 1. The van der Waals surface area contributed by atoms with Crippen molar-refractivity contribution in [2.24, 2.45) is 5.92 Å². The SMILES string of the molecule is COC(=O)[C@@H]1CC[C@@](O)(c2cc(C)cc(Nc3cc(C)[nH]n3)n2)C1. The summed E-state index contributed by atoms with van der Waals surface area (Å²) in [5.74, 6) is 0.727. The van der Waals surface area contributed by atoms with Gasteiger partial charge in [-0.2, -0.15) is 5.10 Å². The van der Waals surface area contributed by atoms with Gasteiger partial charge in [-0.05, 0) is 50.8 Å². The topological polar surface area (TPSA) is 100 Å². The maximum absolute atomic E-state index is 11.7. The van der Waals surface area contributed by atoms with E-state index in [-0.39, 0.29) is 11.9 Å². The number of carbonyl (C=O) groups is 1. The number of esters is 1. The van der Waals surface area contributed by atoms with Crippen LogP contribution in [0, 0.1) is 19.8 Å². The molecule has 2 aromatic rings. The molecule has 3 rings (SSSR count). The van der Waals surface area contributed by atoms with Gasteiger partial charge in [0.05, 0.1) is 18.7 Å². The Morgan fingerprint density at radius 1 is 1.38 bits per heavy atom. The van der Waals surface area contributed by atoms with Gasteiger partial charge in [-0.3, -0.25) is 9.89 Å². The van der Waals surface area contributed by atoms with Gasteiger partial charge in [0.2, 0.25) is 0 Å². The first kappa shape index (κ1) is 16.4. The van der Waals surface area contributed by atoms with Crippen molar-refractivity contribution in [2.45, 2.75) is 38.7 Å². The summed E-state index contributed by atoms with van der Waals surface area (Å²) in [6, 6.07) is 5.63. The average molecular weight is 330 g/mol. The predicted molar refractivity (Wildman–Crippen MR) is 88.8 cm³/mol. The second-order valence-electron chi connectivity index (χ2n) is 6.47. The van der Waals surface area contributed by atoms with E-state index in [1.807, 2.05) is 32.0 Å². The third-order valence-corrected chi connectivity index (χ3v) is 4.43. The molecule has 1 fully saturated rings. The zero-order chi connectivity index (χ0) is 17.3. The Bertz CT molecular complexity index is 758. The van der Waals surface area contributed by atoms with Crippen LogP contribution < -0.4 is 5.32 Å². The normalized spacial score (nSPS) is 23.2. The molecule has 2 aromatic heterocycles. The van der Waals surface area contributed by atoms with E-state index in [1.165, 1.54) is 7.11 Å². The molecule has 7 nitrogen and oxygen atoms in total. The minimum atomic E-state index is -1.11. The van der Waals surface area contributed by atoms with Crippen LogP contribution in [0.15, 0.2) is 18.2 Å². The van der Waals surface area contributed by atoms with E-state index in [4.69, 9.17) is 4.74 Å². The summed E-state index contributed by atoms with van der Waals surface area (Å²) < 4.78 is 4.80. The van der Waals surface area contributed by atoms with E-state index < -0.39 is 5.60 Å². The molecule has 3 N–H and O–H groups in total. The molecular weight excluding hydrogens is 308 g/mol. The van der Waals surface area contributed by atoms with Crippen LogP contribution in [0.3, 0.4) is 0 Å². The molecule has 24 heavy (non-hydrogen) atoms. The first-order valence-corrected chi connectivity index (χ1v) is 7.98. The smallest absolute Gasteiger partial charge is 0.308 e. The predicted octanol–water partition coefficient (Wildman–Crippen LogP) is 2.33. The lowest BCUT2D eigenvalue weighted by molar-refractivity contribution is -0.145. The van der Waals surface area contributed by atoms with Gasteiger partial charge in [0.25, 0.3) is 0 Å². The molecule has 0 radical (unpaired) electrons. The molecule has 0 amide bonds. The van der Waals surface area contributed by atoms with Gasteiger partial charge in [-0.15, -0.1) is 0 Å². The molecule has 2 heterocycles. The van der Waals surface area contributed by atoms with E-state index in [2.05, 4.69) is 20.5 Å². The number of aliphatic hydroxyl groups is 1. The Morgan fingerprint density at radius 3 is 2.83 bits per heavy atom. The van der Waals surface area contributed by atoms with Crippen molar-refractivity contribution in [1.29, 1.82) is 0 Å². The Hall–Kier alpha value is -2.41. The Morgan fingerprint density at radius 2 is 2.17 bits per heavy atom. The summed E-state index contributed by atoms with van der Waals surface area (Å²) in [4.78, 5) is 16.3. The largest absolute Gasteiger partial charge is 0.469 e. The number of pyridine rings is 1. The maximum Gasteiger partial charge on any atom is 0.308 e. The van der Waals surface area contributed by atoms with E-state index in [0.717, 1.165) is 11.3 Å². The summed E-state index contributed by atoms with van der Waals surface area (Å²) >= 11 is 0. The molecule has 0 bridgehead atoms. The summed E-state index contributed by atoms with van der Waals surface area (Å²) in [5, 5.41) is 21.1. The quantitative estimate of drug-likeness (QED) is 0.744. The molecular formula is C17H22N4O3. The highest BCUT2D eigenvalue weighted by molar-refractivity contribution is 5.73. The Kier molecular flexibility index (Phi) is 4.28. The number of ether oxygens (including phenoxy) is 1. The van der Waals surface area contributed by atoms with Crippen molar-refractivity contribution < 1.29 is 14.6 Å². The lowest BCUT2D eigenvalue weighted by Crippen LogP contribution is -2.25. The Labute approximate surface area is 140 Å². The number of nitrogens with zero attached hydrogens (tertiary/aromatic N) is 2. The van der Waals surface area contributed by atoms with Gasteiger partial charge < -0.3 is 15.2 Å². The fraction of sp³-hybridized carbons (Fsp3) is 0.471. The van der Waals surface area contributed by atoms with Crippen LogP contribution in [0.1, 0.15) is 36.2 Å². The monoisotopic (exact) mass is 330 g/mol. The van der Waals surface area contributed by atoms with Gasteiger partial charge in [0.15, 0.2) is 5.82 Å². The summed E-state index contributed by atoms with van der Waals surface area (Å²) in [6.45, 7) is 3.86. The minimum absolute atomic E-state index is 0.274. The summed E-state index contributed by atoms with van der Waals surface area (Å²) in [5.41, 5.74) is 1.39. The highest BCUT2D eigenvalue weighted by Gasteiger charge is 2.43. The molecule has 7 heteroatoms. The number of hydrogen-bond donors (Lipinski definition) is 3. The Balaban J connectivity index is 1.84. The molecule has 0 aliphatic heterocycles. The standard InChI is InChI=1S/C17H22N4O3/c1-10-6-13(17(23)5-4-12(9-17)16(22)24-3)18-14(7-10)19-15-8-11(2)20-21-15/h6-8,12,23H,4-5,9H2,1-3H3,(H2,18,19,20,21)/t12-,17+/m1/s1. The van der Waals surface area contributed by atoms with Crippen molar-refractivity contribution in [3.05, 3.63) is 35.2 Å². The van der Waals surface area contributed by atoms with E-state index in [9.17, 15) is 9.90 Å². The van der Waals surface area contributed by atoms with Gasteiger partial charge in [-0.1, -0.05) is 0 Å². The molecule has 0 unspecified atom stereocenters. The average Bonchev–Trinajstić information content (AvgIpc) is 3.13. The minimum Gasteiger partial charge on any atom is -0.469 e. The number of anilines is 2. The molecule has 2 atom stereocenters. The second-order valence-corrected chi connectivity index (χ2v) is 6.47. The first-order chi connectivity index (χ1) is 11.4. The highest BCUT2D eigenvalue weighted by Crippen LogP contribution is 2.42. The van der Waals surface area contributed by atoms with Gasteiger partial charge in [0, 0.05) is 11.8 Å². The zero-order valence-electron chi connectivity index (χ0n) is 14.1. The van der Waals surface area contributed by atoms with Crippen LogP contribution in [0.4, 0.5) is 11.6 Å². The van der Waals surface area contributed by atoms with Gasteiger partial charge >= 0.3 is 5.97 Å². The number of aromatic nitrogens is 3. The third kappa shape index (κ3) is 3.26. The van der Waals surface area contributed by atoms with E-state index in [1.54, 1.807) is 0 Å². The molecule has 1 aliphatic rings. The number of carbonyl (C=O) groups excluding carboxylic acids is 1. The van der Waals surface area contributed by atoms with E-state index >= 15 is 0 Å². The lowest BCUT2D eigenvalue weighted by atomic mass is 9.94. The molecule has 128 valence electrons. The maximum atomic E-state index is 11.7. The number of aryl methyl sites for hydroxylation is 2. The second kappa shape index (κ2) is 6.24. The van der Waals surface area contributed by atoms with Crippen molar-refractivity contribution in [1.82, 2.24) is 15.2 Å². The van der Waals surface area contributed by atoms with Crippen LogP contribution >= 0.6 is 0 Å².